The molecule has 1 aliphatic carbocycles. The van der Waals surface area contributed by atoms with E-state index in [2.05, 4.69) is 5.32 Å². The number of benzene rings is 1. The summed E-state index contributed by atoms with van der Waals surface area (Å²) in [6, 6.07) is 6.55. The van der Waals surface area contributed by atoms with E-state index in [1.165, 1.54) is 19.1 Å². The van der Waals surface area contributed by atoms with Crippen LogP contribution in [0.15, 0.2) is 47.7 Å². The number of hydrogen-bond acceptors (Lipinski definition) is 6. The summed E-state index contributed by atoms with van der Waals surface area (Å²) in [6.07, 6.45) is 2.71. The molecular formula is C18H20N2O6S. The Kier molecular flexibility index (Phi) is 6.54. The van der Waals surface area contributed by atoms with Crippen LogP contribution < -0.4 is 10.1 Å². The van der Waals surface area contributed by atoms with Gasteiger partial charge in [-0.3, -0.25) is 9.59 Å². The summed E-state index contributed by atoms with van der Waals surface area (Å²) >= 11 is 0. The zero-order chi connectivity index (χ0) is 20.1. The lowest BCUT2D eigenvalue weighted by molar-refractivity contribution is -0.138. The van der Waals surface area contributed by atoms with Crippen LogP contribution in [0.25, 0.3) is 0 Å². The number of carboxylic acids is 1. The van der Waals surface area contributed by atoms with Crippen LogP contribution in [0.2, 0.25) is 0 Å². The maximum atomic E-state index is 11.7. The minimum Gasteiger partial charge on any atom is -0.481 e. The molecule has 0 bridgehead atoms. The molecule has 0 aromatic heterocycles. The first-order chi connectivity index (χ1) is 12.7. The van der Waals surface area contributed by atoms with Crippen LogP contribution in [0.1, 0.15) is 6.92 Å². The molecule has 0 fully saturated rings. The van der Waals surface area contributed by atoms with Crippen molar-refractivity contribution in [3.05, 3.63) is 47.7 Å². The highest BCUT2D eigenvalue weighted by Gasteiger charge is 2.29. The van der Waals surface area contributed by atoms with Gasteiger partial charge in [0.05, 0.1) is 11.4 Å². The lowest BCUT2D eigenvalue weighted by Gasteiger charge is -2.18. The van der Waals surface area contributed by atoms with Crippen LogP contribution in [0, 0.1) is 5.92 Å². The van der Waals surface area contributed by atoms with E-state index in [0.29, 0.717) is 11.4 Å². The molecule has 1 amide bonds. The second kappa shape index (κ2) is 8.65. The predicted octanol–water partition coefficient (Wildman–Crippen LogP) is 1.16. The Bertz CT molecular complexity index is 935. The van der Waals surface area contributed by atoms with Gasteiger partial charge in [0.25, 0.3) is 0 Å². The highest BCUT2D eigenvalue weighted by atomic mass is 32.2. The number of likely N-dealkylation sites (N-methyl/N-ethyl adjacent to an activating group) is 1. The molecule has 1 aromatic rings. The van der Waals surface area contributed by atoms with Crippen molar-refractivity contribution in [2.45, 2.75) is 6.92 Å². The molecule has 0 heterocycles. The van der Waals surface area contributed by atoms with Crippen LogP contribution in [0.5, 0.6) is 5.75 Å². The molecule has 0 saturated carbocycles. The Labute approximate surface area is 158 Å². The number of nitrogens with zero attached hydrogens (tertiary/aromatic N) is 1. The molecule has 2 N–H and O–H groups in total. The first-order valence-corrected chi connectivity index (χ1v) is 9.07. The maximum absolute atomic E-state index is 11.7. The molecule has 144 valence electrons. The molecule has 0 spiro atoms. The highest BCUT2D eigenvalue weighted by Crippen LogP contribution is 2.25. The average molecular weight is 392 g/mol. The summed E-state index contributed by atoms with van der Waals surface area (Å²) in [5.41, 5.74) is 0.833. The number of ether oxygens (including phenoxy) is 1. The number of amides is 1. The Morgan fingerprint density at radius 3 is 2.37 bits per heavy atom. The van der Waals surface area contributed by atoms with Crippen LogP contribution >= 0.6 is 0 Å². The molecule has 1 aliphatic rings. The minimum atomic E-state index is -2.68. The number of allylic oxidation sites excluding steroid dienone is 2. The Morgan fingerprint density at radius 2 is 1.85 bits per heavy atom. The van der Waals surface area contributed by atoms with E-state index < -0.39 is 22.2 Å². The van der Waals surface area contributed by atoms with Gasteiger partial charge in [-0.25, -0.2) is 0 Å². The predicted molar refractivity (Wildman–Crippen MR) is 101 cm³/mol. The fraction of sp³-hybridized carbons (Fsp3) is 0.278. The number of aliphatic carboxylic acids is 1. The summed E-state index contributed by atoms with van der Waals surface area (Å²) in [5.74, 6) is -1.97. The maximum Gasteiger partial charge on any atom is 0.315 e. The second-order valence-corrected chi connectivity index (χ2v) is 7.08. The summed E-state index contributed by atoms with van der Waals surface area (Å²) in [6.45, 7) is 1.75. The number of nitrogens with one attached hydrogen (secondary N) is 1. The van der Waals surface area contributed by atoms with E-state index in [9.17, 15) is 18.0 Å². The zero-order valence-corrected chi connectivity index (χ0v) is 15.9. The minimum absolute atomic E-state index is 0.153. The van der Waals surface area contributed by atoms with Crippen molar-refractivity contribution >= 4 is 32.7 Å². The smallest absolute Gasteiger partial charge is 0.315 e. The summed E-state index contributed by atoms with van der Waals surface area (Å²) < 4.78 is 28.6. The third-order valence-corrected chi connectivity index (χ3v) is 4.65. The Morgan fingerprint density at radius 1 is 1.22 bits per heavy atom. The van der Waals surface area contributed by atoms with Crippen LogP contribution in [0.3, 0.4) is 0 Å². The van der Waals surface area contributed by atoms with E-state index in [4.69, 9.17) is 9.84 Å². The average Bonchev–Trinajstić information content (AvgIpc) is 2.56. The fourth-order valence-corrected chi connectivity index (χ4v) is 3.24. The van der Waals surface area contributed by atoms with Crippen LogP contribution in [-0.2, 0) is 19.9 Å². The molecule has 0 saturated heterocycles. The molecule has 1 aromatic carbocycles. The van der Waals surface area contributed by atoms with E-state index in [1.807, 2.05) is 0 Å². The van der Waals surface area contributed by atoms with Gasteiger partial charge in [-0.05, 0) is 51.4 Å². The first-order valence-electron chi connectivity index (χ1n) is 8.00. The van der Waals surface area contributed by atoms with Crippen molar-refractivity contribution in [3.63, 3.8) is 0 Å². The van der Waals surface area contributed by atoms with Crippen molar-refractivity contribution in [1.29, 1.82) is 0 Å². The molecule has 0 radical (unpaired) electrons. The van der Waals surface area contributed by atoms with Crippen molar-refractivity contribution < 1.29 is 27.9 Å². The quantitative estimate of drug-likeness (QED) is 0.699. The molecule has 1 unspecified atom stereocenters. The number of rotatable bonds is 6. The van der Waals surface area contributed by atoms with E-state index in [1.54, 1.807) is 43.3 Å². The van der Waals surface area contributed by atoms with Gasteiger partial charge in [0.1, 0.15) is 17.4 Å². The van der Waals surface area contributed by atoms with E-state index in [0.717, 1.165) is 0 Å². The van der Waals surface area contributed by atoms with Gasteiger partial charge < -0.3 is 20.1 Å². The Balaban J connectivity index is 2.17. The third-order valence-electron chi connectivity index (χ3n) is 3.73. The van der Waals surface area contributed by atoms with E-state index in [-0.39, 0.29) is 28.6 Å². The first kappa shape index (κ1) is 20.4. The summed E-state index contributed by atoms with van der Waals surface area (Å²) in [7, 11) is 0.900. The van der Waals surface area contributed by atoms with Gasteiger partial charge in [0.15, 0.2) is 0 Å². The van der Waals surface area contributed by atoms with Crippen molar-refractivity contribution in [1.82, 2.24) is 4.90 Å². The van der Waals surface area contributed by atoms with Crippen molar-refractivity contribution in [2.24, 2.45) is 5.92 Å². The molecular weight excluding hydrogens is 372 g/mol. The van der Waals surface area contributed by atoms with Gasteiger partial charge in [0.2, 0.25) is 16.2 Å². The second-order valence-electron chi connectivity index (χ2n) is 6.18. The van der Waals surface area contributed by atoms with Crippen LogP contribution in [-0.4, -0.2) is 55.8 Å². The molecule has 1 atom stereocenters. The fourth-order valence-electron chi connectivity index (χ4n) is 2.51. The van der Waals surface area contributed by atoms with Crippen LogP contribution in [0.4, 0.5) is 5.69 Å². The number of hydrogen-bond donors (Lipinski definition) is 2. The third kappa shape index (κ3) is 5.28. The number of carbonyl (C=O) groups is 2. The van der Waals surface area contributed by atoms with Gasteiger partial charge in [-0.15, -0.1) is 0 Å². The van der Waals surface area contributed by atoms with E-state index >= 15 is 0 Å². The number of carbonyl (C=O) groups excluding carboxylic acids is 1. The number of anilines is 1. The normalized spacial score (nSPS) is 16.4. The van der Waals surface area contributed by atoms with Crippen molar-refractivity contribution in [2.75, 3.05) is 26.0 Å². The van der Waals surface area contributed by atoms with Gasteiger partial charge in [0, 0.05) is 11.3 Å². The topological polar surface area (TPSA) is 113 Å². The van der Waals surface area contributed by atoms with Crippen molar-refractivity contribution in [3.8, 4) is 5.75 Å². The lowest BCUT2D eigenvalue weighted by Crippen LogP contribution is -2.27. The SMILES string of the molecule is CC1=C(Oc2ccc(NC(=O)CN(C)C)cc2)C=CC(C(=O)O)C1=S(=O)=O. The molecule has 8 nitrogen and oxygen atoms in total. The van der Waals surface area contributed by atoms with Gasteiger partial charge >= 0.3 is 5.97 Å². The Hall–Kier alpha value is -2.91. The number of carboxylic acid groups (broad SMARTS) is 1. The monoisotopic (exact) mass is 392 g/mol. The molecule has 27 heavy (non-hydrogen) atoms. The highest BCUT2D eigenvalue weighted by molar-refractivity contribution is 7.73. The lowest BCUT2D eigenvalue weighted by atomic mass is 9.94. The summed E-state index contributed by atoms with van der Waals surface area (Å²) in [4.78, 5) is 24.5. The standard InChI is InChI=1S/C18H20N2O6S/c1-11-15(9-8-14(18(22)23)17(11)27(24)25)26-13-6-4-12(5-7-13)19-16(21)10-20(2)3/h4-9,14H,10H2,1-3H3,(H,19,21)(H,22,23). The largest absolute Gasteiger partial charge is 0.481 e. The molecule has 2 rings (SSSR count). The summed E-state index contributed by atoms with van der Waals surface area (Å²) in [5, 5.41) is 11.9. The zero-order valence-electron chi connectivity index (χ0n) is 15.1. The van der Waals surface area contributed by atoms with Gasteiger partial charge in [-0.1, -0.05) is 6.08 Å². The molecule has 9 heteroatoms. The molecule has 0 aliphatic heterocycles. The van der Waals surface area contributed by atoms with Gasteiger partial charge in [-0.2, -0.15) is 8.42 Å².